The zero-order valence-corrected chi connectivity index (χ0v) is 16.8. The SMILES string of the molecule is Cc1ccc(C2CCCN2C(=O)CN2C(=O)N(C)C3(CCCCC3)C2=O)cc1. The molecule has 2 saturated heterocycles. The molecule has 6 heteroatoms. The molecule has 0 bridgehead atoms. The van der Waals surface area contributed by atoms with E-state index < -0.39 is 5.54 Å². The molecule has 1 aromatic carbocycles. The summed E-state index contributed by atoms with van der Waals surface area (Å²) in [5.41, 5.74) is 1.59. The van der Waals surface area contributed by atoms with Crippen molar-refractivity contribution < 1.29 is 14.4 Å². The van der Waals surface area contributed by atoms with Crippen molar-refractivity contribution in [2.45, 2.75) is 63.5 Å². The normalized spacial score (nSPS) is 24.5. The molecule has 150 valence electrons. The molecule has 2 aliphatic heterocycles. The molecule has 0 radical (unpaired) electrons. The van der Waals surface area contributed by atoms with Crippen molar-refractivity contribution in [2.75, 3.05) is 20.1 Å². The first-order valence-electron chi connectivity index (χ1n) is 10.4. The van der Waals surface area contributed by atoms with E-state index in [0.29, 0.717) is 19.4 Å². The van der Waals surface area contributed by atoms with Crippen LogP contribution in [0.5, 0.6) is 0 Å². The number of hydrogen-bond acceptors (Lipinski definition) is 3. The number of likely N-dealkylation sites (tertiary alicyclic amines) is 1. The van der Waals surface area contributed by atoms with Crippen LogP contribution in [0.3, 0.4) is 0 Å². The van der Waals surface area contributed by atoms with Gasteiger partial charge < -0.3 is 9.80 Å². The van der Waals surface area contributed by atoms with E-state index in [0.717, 1.165) is 37.7 Å². The van der Waals surface area contributed by atoms with Crippen molar-refractivity contribution >= 4 is 17.8 Å². The van der Waals surface area contributed by atoms with Crippen LogP contribution in [0.4, 0.5) is 4.79 Å². The molecule has 4 amide bonds. The molecule has 0 aromatic heterocycles. The van der Waals surface area contributed by atoms with Gasteiger partial charge in [-0.05, 0) is 38.2 Å². The lowest BCUT2D eigenvalue weighted by molar-refractivity contribution is -0.140. The standard InChI is InChI=1S/C22H29N3O3/c1-16-8-10-17(11-9-16)18-7-6-14-24(18)19(26)15-25-20(27)22(23(2)21(25)28)12-4-3-5-13-22/h8-11,18H,3-7,12-15H2,1-2H3. The fraction of sp³-hybridized carbons (Fsp3) is 0.591. The maximum absolute atomic E-state index is 13.1. The highest BCUT2D eigenvalue weighted by Crippen LogP contribution is 2.40. The number of carbonyl (C=O) groups is 3. The Morgan fingerprint density at radius 2 is 1.75 bits per heavy atom. The molecular weight excluding hydrogens is 354 g/mol. The molecule has 3 fully saturated rings. The number of imide groups is 1. The quantitative estimate of drug-likeness (QED) is 0.753. The van der Waals surface area contributed by atoms with Gasteiger partial charge in [-0.2, -0.15) is 0 Å². The van der Waals surface area contributed by atoms with Crippen LogP contribution in [0, 0.1) is 6.92 Å². The predicted octanol–water partition coefficient (Wildman–Crippen LogP) is 3.26. The number of rotatable bonds is 3. The highest BCUT2D eigenvalue weighted by molar-refractivity contribution is 6.09. The fourth-order valence-corrected chi connectivity index (χ4v) is 5.10. The summed E-state index contributed by atoms with van der Waals surface area (Å²) < 4.78 is 0. The van der Waals surface area contributed by atoms with Gasteiger partial charge in [-0.3, -0.25) is 14.5 Å². The van der Waals surface area contributed by atoms with Gasteiger partial charge in [0.05, 0.1) is 6.04 Å². The predicted molar refractivity (Wildman–Crippen MR) is 106 cm³/mol. The van der Waals surface area contributed by atoms with Gasteiger partial charge in [0.25, 0.3) is 5.91 Å². The van der Waals surface area contributed by atoms with Gasteiger partial charge >= 0.3 is 6.03 Å². The maximum Gasteiger partial charge on any atom is 0.327 e. The van der Waals surface area contributed by atoms with E-state index in [-0.39, 0.29) is 30.4 Å². The molecule has 1 atom stereocenters. The lowest BCUT2D eigenvalue weighted by atomic mass is 9.81. The van der Waals surface area contributed by atoms with Crippen molar-refractivity contribution in [3.8, 4) is 0 Å². The molecule has 4 rings (SSSR count). The van der Waals surface area contributed by atoms with Crippen LogP contribution >= 0.6 is 0 Å². The van der Waals surface area contributed by atoms with Gasteiger partial charge in [0.2, 0.25) is 5.91 Å². The lowest BCUT2D eigenvalue weighted by Crippen LogP contribution is -2.49. The third-order valence-corrected chi connectivity index (χ3v) is 6.81. The Labute approximate surface area is 166 Å². The minimum Gasteiger partial charge on any atom is -0.334 e. The summed E-state index contributed by atoms with van der Waals surface area (Å²) in [5, 5.41) is 0. The number of carbonyl (C=O) groups excluding carboxylic acids is 3. The minimum absolute atomic E-state index is 0.0299. The summed E-state index contributed by atoms with van der Waals surface area (Å²) in [6, 6.07) is 7.97. The monoisotopic (exact) mass is 383 g/mol. The second-order valence-electron chi connectivity index (χ2n) is 8.48. The highest BCUT2D eigenvalue weighted by atomic mass is 16.2. The highest BCUT2D eigenvalue weighted by Gasteiger charge is 2.56. The Bertz CT molecular complexity index is 783. The first kappa shape index (κ1) is 19.0. The number of hydrogen-bond donors (Lipinski definition) is 0. The first-order valence-corrected chi connectivity index (χ1v) is 10.4. The van der Waals surface area contributed by atoms with Crippen molar-refractivity contribution in [3.63, 3.8) is 0 Å². The topological polar surface area (TPSA) is 60.9 Å². The summed E-state index contributed by atoms with van der Waals surface area (Å²) in [6.07, 6.45) is 6.26. The van der Waals surface area contributed by atoms with E-state index in [9.17, 15) is 14.4 Å². The van der Waals surface area contributed by atoms with Gasteiger partial charge in [0.15, 0.2) is 0 Å². The van der Waals surface area contributed by atoms with Crippen molar-refractivity contribution in [1.82, 2.24) is 14.7 Å². The molecule has 0 N–H and O–H groups in total. The number of urea groups is 1. The molecule has 1 saturated carbocycles. The second kappa shape index (κ2) is 7.22. The molecule has 1 aliphatic carbocycles. The van der Waals surface area contributed by atoms with Crippen LogP contribution in [0.15, 0.2) is 24.3 Å². The summed E-state index contributed by atoms with van der Waals surface area (Å²) in [4.78, 5) is 43.6. The van der Waals surface area contributed by atoms with Crippen LogP contribution in [-0.4, -0.2) is 58.2 Å². The second-order valence-corrected chi connectivity index (χ2v) is 8.48. The molecular formula is C22H29N3O3. The van der Waals surface area contributed by atoms with Crippen molar-refractivity contribution in [1.29, 1.82) is 0 Å². The number of aryl methyl sites for hydroxylation is 1. The lowest BCUT2D eigenvalue weighted by Gasteiger charge is -2.35. The summed E-state index contributed by atoms with van der Waals surface area (Å²) in [7, 11) is 1.71. The van der Waals surface area contributed by atoms with Crippen LogP contribution in [0.2, 0.25) is 0 Å². The van der Waals surface area contributed by atoms with E-state index >= 15 is 0 Å². The Morgan fingerprint density at radius 3 is 2.43 bits per heavy atom. The first-order chi connectivity index (χ1) is 13.4. The Balaban J connectivity index is 1.50. The van der Waals surface area contributed by atoms with Crippen molar-refractivity contribution in [3.05, 3.63) is 35.4 Å². The largest absolute Gasteiger partial charge is 0.334 e. The maximum atomic E-state index is 13.1. The van der Waals surface area contributed by atoms with E-state index in [2.05, 4.69) is 24.3 Å². The Kier molecular flexibility index (Phi) is 4.89. The van der Waals surface area contributed by atoms with Gasteiger partial charge in [-0.1, -0.05) is 49.1 Å². The van der Waals surface area contributed by atoms with Gasteiger partial charge in [0, 0.05) is 13.6 Å². The van der Waals surface area contributed by atoms with E-state index in [1.54, 1.807) is 11.9 Å². The molecule has 1 unspecified atom stereocenters. The van der Waals surface area contributed by atoms with Crippen LogP contribution in [-0.2, 0) is 9.59 Å². The molecule has 2 heterocycles. The van der Waals surface area contributed by atoms with E-state index in [1.165, 1.54) is 10.5 Å². The van der Waals surface area contributed by atoms with Gasteiger partial charge in [0.1, 0.15) is 12.1 Å². The fourth-order valence-electron chi connectivity index (χ4n) is 5.10. The van der Waals surface area contributed by atoms with E-state index in [4.69, 9.17) is 0 Å². The van der Waals surface area contributed by atoms with Crippen LogP contribution in [0.25, 0.3) is 0 Å². The smallest absolute Gasteiger partial charge is 0.327 e. The molecule has 28 heavy (non-hydrogen) atoms. The zero-order chi connectivity index (χ0) is 19.9. The number of benzene rings is 1. The van der Waals surface area contributed by atoms with Crippen LogP contribution < -0.4 is 0 Å². The third-order valence-electron chi connectivity index (χ3n) is 6.81. The zero-order valence-electron chi connectivity index (χ0n) is 16.8. The van der Waals surface area contributed by atoms with Crippen molar-refractivity contribution in [2.24, 2.45) is 0 Å². The Morgan fingerprint density at radius 1 is 1.07 bits per heavy atom. The number of amides is 4. The van der Waals surface area contributed by atoms with Gasteiger partial charge in [-0.15, -0.1) is 0 Å². The van der Waals surface area contributed by atoms with Crippen LogP contribution in [0.1, 0.15) is 62.1 Å². The summed E-state index contributed by atoms with van der Waals surface area (Å²) in [6.45, 7) is 2.57. The average molecular weight is 383 g/mol. The number of nitrogens with zero attached hydrogens (tertiary/aromatic N) is 3. The Hall–Kier alpha value is -2.37. The molecule has 3 aliphatic rings. The molecule has 6 nitrogen and oxygen atoms in total. The number of likely N-dealkylation sites (N-methyl/N-ethyl adjacent to an activating group) is 1. The average Bonchev–Trinajstić information content (AvgIpc) is 3.26. The molecule has 1 aromatic rings. The summed E-state index contributed by atoms with van der Waals surface area (Å²) in [5.74, 6) is -0.315. The van der Waals surface area contributed by atoms with E-state index in [1.807, 2.05) is 11.8 Å². The molecule has 1 spiro atoms. The summed E-state index contributed by atoms with van der Waals surface area (Å²) >= 11 is 0. The minimum atomic E-state index is -0.725. The third kappa shape index (κ3) is 2.99. The van der Waals surface area contributed by atoms with Gasteiger partial charge in [-0.25, -0.2) is 4.79 Å².